The highest BCUT2D eigenvalue weighted by Gasteiger charge is 2.20. The Kier molecular flexibility index (Phi) is 3.98. The third-order valence-corrected chi connectivity index (χ3v) is 2.41. The van der Waals surface area contributed by atoms with Crippen molar-refractivity contribution in [2.24, 2.45) is 10.8 Å². The summed E-state index contributed by atoms with van der Waals surface area (Å²) >= 11 is 0. The summed E-state index contributed by atoms with van der Waals surface area (Å²) < 4.78 is 5.28. The van der Waals surface area contributed by atoms with Gasteiger partial charge in [-0.2, -0.15) is 0 Å². The second-order valence-electron chi connectivity index (χ2n) is 3.15. The summed E-state index contributed by atoms with van der Waals surface area (Å²) in [4.78, 5) is 6.12. The zero-order valence-electron chi connectivity index (χ0n) is 8.29. The summed E-state index contributed by atoms with van der Waals surface area (Å²) in [5.41, 5.74) is 2.58. The first-order valence-corrected chi connectivity index (χ1v) is 4.53. The van der Waals surface area contributed by atoms with Crippen LogP contribution in [0.3, 0.4) is 0 Å². The fourth-order valence-corrected chi connectivity index (χ4v) is 1.57. The average molecular weight is 186 g/mol. The Morgan fingerprint density at radius 3 is 2.62 bits per heavy atom. The van der Waals surface area contributed by atoms with Crippen LogP contribution in [-0.2, 0) is 4.74 Å². The number of hydrogen-bond donors (Lipinski definition) is 2. The standard InChI is InChI=1S/C8H18N4O/c1-10-8(11-9)12(2)7-3-5-13-6-4-7/h7H,3-6,9H2,1-2H3,(H,10,11). The zero-order valence-corrected chi connectivity index (χ0v) is 8.29. The number of hydrogen-bond acceptors (Lipinski definition) is 3. The molecule has 1 aliphatic rings. The number of nitrogens with two attached hydrogens (primary N) is 1. The fraction of sp³-hybridized carbons (Fsp3) is 0.875. The lowest BCUT2D eigenvalue weighted by Gasteiger charge is -2.32. The minimum absolute atomic E-state index is 0.489. The Bertz CT molecular complexity index is 177. The molecule has 1 fully saturated rings. The normalized spacial score (nSPS) is 20.1. The SMILES string of the molecule is CN=C(NN)N(C)C1CCOCC1. The van der Waals surface area contributed by atoms with Gasteiger partial charge in [-0.1, -0.05) is 0 Å². The van der Waals surface area contributed by atoms with Gasteiger partial charge >= 0.3 is 0 Å². The Morgan fingerprint density at radius 2 is 2.15 bits per heavy atom. The molecule has 0 spiro atoms. The first kappa shape index (κ1) is 10.3. The molecule has 0 amide bonds. The minimum Gasteiger partial charge on any atom is -0.381 e. The van der Waals surface area contributed by atoms with Gasteiger partial charge in [0, 0.05) is 33.4 Å². The van der Waals surface area contributed by atoms with Gasteiger partial charge in [0.2, 0.25) is 5.96 Å². The Labute approximate surface area is 78.9 Å². The van der Waals surface area contributed by atoms with Gasteiger partial charge in [0.15, 0.2) is 0 Å². The van der Waals surface area contributed by atoms with E-state index in [2.05, 4.69) is 15.3 Å². The van der Waals surface area contributed by atoms with E-state index in [0.29, 0.717) is 6.04 Å². The van der Waals surface area contributed by atoms with Crippen LogP contribution in [0.5, 0.6) is 0 Å². The minimum atomic E-state index is 0.489. The van der Waals surface area contributed by atoms with Gasteiger partial charge in [-0.25, -0.2) is 5.84 Å². The van der Waals surface area contributed by atoms with E-state index >= 15 is 0 Å². The van der Waals surface area contributed by atoms with E-state index in [-0.39, 0.29) is 0 Å². The Morgan fingerprint density at radius 1 is 1.54 bits per heavy atom. The summed E-state index contributed by atoms with van der Waals surface area (Å²) in [5.74, 6) is 6.07. The Hall–Kier alpha value is -0.810. The van der Waals surface area contributed by atoms with Crippen LogP contribution in [0.1, 0.15) is 12.8 Å². The zero-order chi connectivity index (χ0) is 9.68. The van der Waals surface area contributed by atoms with Crippen molar-refractivity contribution in [2.75, 3.05) is 27.3 Å². The number of nitrogens with one attached hydrogen (secondary N) is 1. The molecule has 3 N–H and O–H groups in total. The molecule has 0 aromatic carbocycles. The van der Waals surface area contributed by atoms with Crippen molar-refractivity contribution in [2.45, 2.75) is 18.9 Å². The van der Waals surface area contributed by atoms with E-state index in [4.69, 9.17) is 10.6 Å². The summed E-state index contributed by atoms with van der Waals surface area (Å²) in [7, 11) is 3.73. The molecular formula is C8H18N4O. The number of hydrazine groups is 1. The first-order valence-electron chi connectivity index (χ1n) is 4.53. The van der Waals surface area contributed by atoms with Crippen LogP contribution >= 0.6 is 0 Å². The lowest BCUT2D eigenvalue weighted by molar-refractivity contribution is 0.0597. The first-order chi connectivity index (χ1) is 6.29. The topological polar surface area (TPSA) is 62.9 Å². The summed E-state index contributed by atoms with van der Waals surface area (Å²) in [6.45, 7) is 1.66. The molecule has 0 unspecified atom stereocenters. The molecule has 1 saturated heterocycles. The molecule has 0 aliphatic carbocycles. The van der Waals surface area contributed by atoms with Crippen molar-refractivity contribution in [3.63, 3.8) is 0 Å². The van der Waals surface area contributed by atoms with E-state index in [1.54, 1.807) is 7.05 Å². The molecule has 1 heterocycles. The predicted octanol–water partition coefficient (Wildman–Crippen LogP) is -0.454. The van der Waals surface area contributed by atoms with Crippen LogP contribution in [0.25, 0.3) is 0 Å². The molecule has 0 aromatic rings. The van der Waals surface area contributed by atoms with Crippen molar-refractivity contribution >= 4 is 5.96 Å². The fourth-order valence-electron chi connectivity index (χ4n) is 1.57. The Balaban J connectivity index is 2.49. The number of rotatable bonds is 1. The molecule has 1 rings (SSSR count). The second kappa shape index (κ2) is 5.04. The monoisotopic (exact) mass is 186 g/mol. The van der Waals surface area contributed by atoms with E-state index in [0.717, 1.165) is 32.0 Å². The van der Waals surface area contributed by atoms with Crippen molar-refractivity contribution in [1.29, 1.82) is 0 Å². The van der Waals surface area contributed by atoms with Gasteiger partial charge in [-0.3, -0.25) is 10.4 Å². The summed E-state index contributed by atoms with van der Waals surface area (Å²) in [6.07, 6.45) is 2.08. The maximum atomic E-state index is 5.34. The lowest BCUT2D eigenvalue weighted by Crippen LogP contribution is -2.49. The van der Waals surface area contributed by atoms with Crippen LogP contribution in [0.15, 0.2) is 4.99 Å². The summed E-state index contributed by atoms with van der Waals surface area (Å²) in [6, 6.07) is 0.489. The number of guanidine groups is 1. The van der Waals surface area contributed by atoms with Gasteiger partial charge in [0.05, 0.1) is 0 Å². The number of nitrogens with zero attached hydrogens (tertiary/aromatic N) is 2. The number of aliphatic imine (C=N–C) groups is 1. The van der Waals surface area contributed by atoms with E-state index in [1.807, 2.05) is 7.05 Å². The van der Waals surface area contributed by atoms with Crippen molar-refractivity contribution in [3.8, 4) is 0 Å². The molecule has 0 aromatic heterocycles. The van der Waals surface area contributed by atoms with Gasteiger partial charge < -0.3 is 9.64 Å². The van der Waals surface area contributed by atoms with E-state index < -0.39 is 0 Å². The smallest absolute Gasteiger partial charge is 0.208 e. The predicted molar refractivity (Wildman–Crippen MR) is 52.3 cm³/mol. The molecule has 5 nitrogen and oxygen atoms in total. The molecule has 5 heteroatoms. The lowest BCUT2D eigenvalue weighted by atomic mass is 10.1. The molecule has 0 bridgehead atoms. The highest BCUT2D eigenvalue weighted by Crippen LogP contribution is 2.12. The average Bonchev–Trinajstić information content (AvgIpc) is 2.21. The van der Waals surface area contributed by atoms with Crippen molar-refractivity contribution in [3.05, 3.63) is 0 Å². The van der Waals surface area contributed by atoms with Gasteiger partial charge in [0.25, 0.3) is 0 Å². The largest absolute Gasteiger partial charge is 0.381 e. The van der Waals surface area contributed by atoms with E-state index in [1.165, 1.54) is 0 Å². The second-order valence-corrected chi connectivity index (χ2v) is 3.15. The third kappa shape index (κ3) is 2.57. The summed E-state index contributed by atoms with van der Waals surface area (Å²) in [5, 5.41) is 0. The van der Waals surface area contributed by atoms with Crippen LogP contribution in [-0.4, -0.2) is 44.2 Å². The van der Waals surface area contributed by atoms with Crippen molar-refractivity contribution < 1.29 is 4.74 Å². The molecule has 0 saturated carbocycles. The quantitative estimate of drug-likeness (QED) is 0.252. The molecular weight excluding hydrogens is 168 g/mol. The van der Waals surface area contributed by atoms with Gasteiger partial charge in [-0.05, 0) is 12.8 Å². The highest BCUT2D eigenvalue weighted by molar-refractivity contribution is 5.79. The van der Waals surface area contributed by atoms with Crippen LogP contribution < -0.4 is 11.3 Å². The molecule has 0 atom stereocenters. The molecule has 13 heavy (non-hydrogen) atoms. The highest BCUT2D eigenvalue weighted by atomic mass is 16.5. The van der Waals surface area contributed by atoms with Crippen molar-refractivity contribution in [1.82, 2.24) is 10.3 Å². The molecule has 76 valence electrons. The van der Waals surface area contributed by atoms with Gasteiger partial charge in [0.1, 0.15) is 0 Å². The molecule has 0 radical (unpaired) electrons. The van der Waals surface area contributed by atoms with Crippen LogP contribution in [0.4, 0.5) is 0 Å². The number of ether oxygens (including phenoxy) is 1. The van der Waals surface area contributed by atoms with Gasteiger partial charge in [-0.15, -0.1) is 0 Å². The maximum Gasteiger partial charge on any atom is 0.208 e. The third-order valence-electron chi connectivity index (χ3n) is 2.41. The van der Waals surface area contributed by atoms with Crippen LogP contribution in [0, 0.1) is 0 Å². The van der Waals surface area contributed by atoms with Crippen LogP contribution in [0.2, 0.25) is 0 Å². The molecule has 1 aliphatic heterocycles. The van der Waals surface area contributed by atoms with E-state index in [9.17, 15) is 0 Å². The maximum absolute atomic E-state index is 5.34.